The zero-order chi connectivity index (χ0) is 14.8. The van der Waals surface area contributed by atoms with E-state index in [0.717, 1.165) is 12.8 Å². The van der Waals surface area contributed by atoms with Gasteiger partial charge in [0.15, 0.2) is 0 Å². The van der Waals surface area contributed by atoms with Gasteiger partial charge in [-0.15, -0.1) is 0 Å². The van der Waals surface area contributed by atoms with Crippen molar-refractivity contribution >= 4 is 12.0 Å². The van der Waals surface area contributed by atoms with E-state index in [1.54, 1.807) is 12.0 Å². The molecule has 2 rings (SSSR count). The van der Waals surface area contributed by atoms with Crippen LogP contribution in [0.2, 0.25) is 0 Å². The first-order valence-electron chi connectivity index (χ1n) is 7.24. The molecule has 20 heavy (non-hydrogen) atoms. The Morgan fingerprint density at radius 2 is 2.30 bits per heavy atom. The number of carboxylic acid groups (broad SMARTS) is 1. The fourth-order valence-electron chi connectivity index (χ4n) is 3.51. The summed E-state index contributed by atoms with van der Waals surface area (Å²) < 4.78 is 5.03. The number of hydrogen-bond donors (Lipinski definition) is 2. The molecule has 6 heteroatoms. The second-order valence-electron chi connectivity index (χ2n) is 6.18. The maximum absolute atomic E-state index is 12.1. The van der Waals surface area contributed by atoms with E-state index in [2.05, 4.69) is 5.32 Å². The number of carbonyl (C=O) groups is 2. The summed E-state index contributed by atoms with van der Waals surface area (Å²) in [6.07, 6.45) is 2.56. The number of nitrogens with zero attached hydrogens (tertiary/aromatic N) is 1. The van der Waals surface area contributed by atoms with Gasteiger partial charge < -0.3 is 20.1 Å². The second kappa shape index (κ2) is 5.99. The minimum atomic E-state index is -0.747. The van der Waals surface area contributed by atoms with Crippen LogP contribution >= 0.6 is 0 Å². The lowest BCUT2D eigenvalue weighted by molar-refractivity contribution is -0.149. The molecule has 1 aliphatic heterocycles. The van der Waals surface area contributed by atoms with Crippen molar-refractivity contribution in [2.45, 2.75) is 26.2 Å². The van der Waals surface area contributed by atoms with Gasteiger partial charge >= 0.3 is 12.0 Å². The number of aliphatic carboxylic acids is 1. The monoisotopic (exact) mass is 284 g/mol. The number of ether oxygens (including phenoxy) is 1. The Balaban J connectivity index is 1.89. The Hall–Kier alpha value is -1.30. The van der Waals surface area contributed by atoms with Crippen LogP contribution in [0.5, 0.6) is 0 Å². The zero-order valence-corrected chi connectivity index (χ0v) is 12.2. The number of carbonyl (C=O) groups excluding carboxylic acids is 1. The van der Waals surface area contributed by atoms with E-state index in [4.69, 9.17) is 4.74 Å². The van der Waals surface area contributed by atoms with Gasteiger partial charge in [-0.1, -0.05) is 13.3 Å². The van der Waals surface area contributed by atoms with Crippen molar-refractivity contribution in [2.75, 3.05) is 33.4 Å². The molecule has 1 unspecified atom stereocenters. The van der Waals surface area contributed by atoms with E-state index in [-0.39, 0.29) is 17.9 Å². The van der Waals surface area contributed by atoms with Crippen molar-refractivity contribution in [1.82, 2.24) is 10.2 Å². The molecule has 3 atom stereocenters. The minimum absolute atomic E-state index is 0.113. The van der Waals surface area contributed by atoms with Gasteiger partial charge in [-0.05, 0) is 24.7 Å². The molecule has 2 amide bonds. The van der Waals surface area contributed by atoms with Crippen molar-refractivity contribution in [3.63, 3.8) is 0 Å². The van der Waals surface area contributed by atoms with Crippen LogP contribution in [0.3, 0.4) is 0 Å². The van der Waals surface area contributed by atoms with Crippen LogP contribution < -0.4 is 5.32 Å². The molecule has 6 nitrogen and oxygen atoms in total. The van der Waals surface area contributed by atoms with Crippen molar-refractivity contribution in [2.24, 2.45) is 17.3 Å². The molecule has 1 aliphatic carbocycles. The van der Waals surface area contributed by atoms with Gasteiger partial charge in [0.2, 0.25) is 0 Å². The Kier molecular flexibility index (Phi) is 4.52. The number of urea groups is 1. The summed E-state index contributed by atoms with van der Waals surface area (Å²) in [6, 6.07) is -0.150. The third-order valence-corrected chi connectivity index (χ3v) is 4.64. The molecule has 0 bridgehead atoms. The molecule has 0 radical (unpaired) electrons. The van der Waals surface area contributed by atoms with Crippen molar-refractivity contribution < 1.29 is 19.4 Å². The molecule has 1 heterocycles. The van der Waals surface area contributed by atoms with Gasteiger partial charge in [-0.2, -0.15) is 0 Å². The summed E-state index contributed by atoms with van der Waals surface area (Å²) in [5.74, 6) is -0.385. The summed E-state index contributed by atoms with van der Waals surface area (Å²) in [4.78, 5) is 25.3. The molecule has 0 spiro atoms. The Labute approximate surface area is 119 Å². The predicted molar refractivity (Wildman–Crippen MR) is 73.4 cm³/mol. The first-order valence-corrected chi connectivity index (χ1v) is 7.24. The molecule has 114 valence electrons. The summed E-state index contributed by atoms with van der Waals surface area (Å²) >= 11 is 0. The van der Waals surface area contributed by atoms with Crippen LogP contribution in [-0.2, 0) is 9.53 Å². The van der Waals surface area contributed by atoms with Crippen LogP contribution in [-0.4, -0.2) is 55.4 Å². The zero-order valence-electron chi connectivity index (χ0n) is 12.2. The van der Waals surface area contributed by atoms with Gasteiger partial charge in [-0.3, -0.25) is 4.79 Å². The first kappa shape index (κ1) is 15.1. The van der Waals surface area contributed by atoms with Crippen LogP contribution in [0, 0.1) is 17.3 Å². The van der Waals surface area contributed by atoms with E-state index in [1.807, 2.05) is 6.92 Å². The fraction of sp³-hybridized carbons (Fsp3) is 0.857. The third kappa shape index (κ3) is 2.75. The number of nitrogens with one attached hydrogen (secondary N) is 1. The summed E-state index contributed by atoms with van der Waals surface area (Å²) in [6.45, 7) is 4.06. The fourth-order valence-corrected chi connectivity index (χ4v) is 3.51. The van der Waals surface area contributed by atoms with Gasteiger partial charge in [0.1, 0.15) is 0 Å². The van der Waals surface area contributed by atoms with Crippen molar-refractivity contribution in [1.29, 1.82) is 0 Å². The topological polar surface area (TPSA) is 78.9 Å². The highest BCUT2D eigenvalue weighted by Gasteiger charge is 2.55. The SMILES string of the molecule is COCC(C)CNC(=O)N1C[C@@H]2CCC[C@@]2(C(=O)O)C1. The highest BCUT2D eigenvalue weighted by atomic mass is 16.5. The standard InChI is InChI=1S/C14H24N2O4/c1-10(8-20-2)6-15-13(19)16-7-11-4-3-5-14(11,9-16)12(17)18/h10-11H,3-9H2,1-2H3,(H,15,19)(H,17,18)/t10?,11-,14+/m0/s1. The molecule has 1 saturated heterocycles. The minimum Gasteiger partial charge on any atom is -0.481 e. The Morgan fingerprint density at radius 1 is 1.55 bits per heavy atom. The van der Waals surface area contributed by atoms with E-state index in [9.17, 15) is 14.7 Å². The molecular weight excluding hydrogens is 260 g/mol. The lowest BCUT2D eigenvalue weighted by Gasteiger charge is -2.23. The lowest BCUT2D eigenvalue weighted by atomic mass is 9.81. The van der Waals surface area contributed by atoms with E-state index in [1.165, 1.54) is 0 Å². The van der Waals surface area contributed by atoms with Crippen LogP contribution in [0.15, 0.2) is 0 Å². The van der Waals surface area contributed by atoms with Crippen molar-refractivity contribution in [3.05, 3.63) is 0 Å². The molecule has 2 N–H and O–H groups in total. The van der Waals surface area contributed by atoms with Gasteiger partial charge in [0, 0.05) is 26.7 Å². The number of likely N-dealkylation sites (tertiary alicyclic amines) is 1. The number of rotatable bonds is 5. The molecule has 0 aromatic rings. The maximum atomic E-state index is 12.1. The normalized spacial score (nSPS) is 30.1. The number of hydrogen-bond acceptors (Lipinski definition) is 3. The van der Waals surface area contributed by atoms with Crippen molar-refractivity contribution in [3.8, 4) is 0 Å². The predicted octanol–water partition coefficient (Wildman–Crippen LogP) is 1.17. The molecule has 1 saturated carbocycles. The summed E-state index contributed by atoms with van der Waals surface area (Å²) in [5, 5.41) is 12.4. The molecule has 2 fully saturated rings. The van der Waals surface area contributed by atoms with Gasteiger partial charge in [-0.25, -0.2) is 4.79 Å². The van der Waals surface area contributed by atoms with E-state index >= 15 is 0 Å². The average Bonchev–Trinajstić information content (AvgIpc) is 2.93. The first-order chi connectivity index (χ1) is 9.49. The van der Waals surface area contributed by atoms with Crippen LogP contribution in [0.4, 0.5) is 4.79 Å². The van der Waals surface area contributed by atoms with Gasteiger partial charge in [0.05, 0.1) is 12.0 Å². The Morgan fingerprint density at radius 3 is 2.90 bits per heavy atom. The average molecular weight is 284 g/mol. The second-order valence-corrected chi connectivity index (χ2v) is 6.18. The quantitative estimate of drug-likeness (QED) is 0.794. The largest absolute Gasteiger partial charge is 0.481 e. The number of carboxylic acids is 1. The van der Waals surface area contributed by atoms with Gasteiger partial charge in [0.25, 0.3) is 0 Å². The lowest BCUT2D eigenvalue weighted by Crippen LogP contribution is -2.43. The Bertz CT molecular complexity index is 387. The number of methoxy groups -OCH3 is 1. The molecule has 0 aromatic carbocycles. The highest BCUT2D eigenvalue weighted by Crippen LogP contribution is 2.48. The third-order valence-electron chi connectivity index (χ3n) is 4.64. The molecular formula is C14H24N2O4. The smallest absolute Gasteiger partial charge is 0.317 e. The number of fused-ring (bicyclic) bond motifs is 1. The van der Waals surface area contributed by atoms with E-state index < -0.39 is 11.4 Å². The number of amides is 2. The maximum Gasteiger partial charge on any atom is 0.317 e. The molecule has 0 aromatic heterocycles. The van der Waals surface area contributed by atoms with Crippen LogP contribution in [0.25, 0.3) is 0 Å². The molecule has 2 aliphatic rings. The van der Waals surface area contributed by atoms with Crippen LogP contribution in [0.1, 0.15) is 26.2 Å². The highest BCUT2D eigenvalue weighted by molar-refractivity contribution is 5.80. The summed E-state index contributed by atoms with van der Waals surface area (Å²) in [7, 11) is 1.64. The van der Waals surface area contributed by atoms with E-state index in [0.29, 0.717) is 32.7 Å². The summed E-state index contributed by atoms with van der Waals surface area (Å²) in [5.41, 5.74) is -0.699.